The van der Waals surface area contributed by atoms with Crippen molar-refractivity contribution in [3.63, 3.8) is 0 Å². The van der Waals surface area contributed by atoms with Gasteiger partial charge in [0.2, 0.25) is 5.75 Å². The van der Waals surface area contributed by atoms with Crippen molar-refractivity contribution in [3.05, 3.63) is 33.4 Å². The Morgan fingerprint density at radius 1 is 1.53 bits per heavy atom. The lowest BCUT2D eigenvalue weighted by Gasteiger charge is -2.08. The lowest BCUT2D eigenvalue weighted by molar-refractivity contribution is -0.386. The van der Waals surface area contributed by atoms with Crippen LogP contribution in [-0.4, -0.2) is 24.6 Å². The number of esters is 1. The lowest BCUT2D eigenvalue weighted by atomic mass is 10.1. The summed E-state index contributed by atoms with van der Waals surface area (Å²) in [5.41, 5.74) is -0.185. The average molecular weight is 264 g/mol. The molecule has 0 bridgehead atoms. The molecule has 0 aliphatic rings. The predicted molar refractivity (Wildman–Crippen MR) is 64.7 cm³/mol. The Hall–Kier alpha value is -2.62. The number of methoxy groups -OCH3 is 1. The fraction of sp³-hybridized carbons (Fsp3) is 0.333. The van der Waals surface area contributed by atoms with Crippen molar-refractivity contribution in [2.24, 2.45) is 0 Å². The van der Waals surface area contributed by atoms with Gasteiger partial charge >= 0.3 is 11.7 Å². The van der Waals surface area contributed by atoms with E-state index in [0.29, 0.717) is 0 Å². The van der Waals surface area contributed by atoms with E-state index in [1.807, 2.05) is 0 Å². The van der Waals surface area contributed by atoms with Gasteiger partial charge in [0.15, 0.2) is 0 Å². The zero-order chi connectivity index (χ0) is 14.4. The molecular formula is C12H12N2O5. The molecule has 0 fully saturated rings. The highest BCUT2D eigenvalue weighted by Crippen LogP contribution is 2.34. The Morgan fingerprint density at radius 2 is 2.21 bits per heavy atom. The van der Waals surface area contributed by atoms with Crippen LogP contribution in [0.5, 0.6) is 5.75 Å². The molecule has 1 aromatic carbocycles. The molecule has 0 spiro atoms. The van der Waals surface area contributed by atoms with Gasteiger partial charge in [0, 0.05) is 5.56 Å². The molecule has 0 aliphatic carbocycles. The van der Waals surface area contributed by atoms with Gasteiger partial charge in [-0.05, 0) is 19.1 Å². The largest absolute Gasteiger partial charge is 0.489 e. The summed E-state index contributed by atoms with van der Waals surface area (Å²) in [7, 11) is 1.23. The second-order valence-corrected chi connectivity index (χ2v) is 3.50. The van der Waals surface area contributed by atoms with Crippen LogP contribution in [0.3, 0.4) is 0 Å². The molecule has 19 heavy (non-hydrogen) atoms. The predicted octanol–water partition coefficient (Wildman–Crippen LogP) is 1.58. The summed E-state index contributed by atoms with van der Waals surface area (Å²) >= 11 is 0. The SMILES string of the molecule is CCOC(=O)Cc1ccc(C#N)c(OC)c1[N+](=O)[O-]. The molecule has 0 aliphatic heterocycles. The van der Waals surface area contributed by atoms with Crippen LogP contribution in [0.15, 0.2) is 12.1 Å². The number of benzene rings is 1. The third-order valence-electron chi connectivity index (χ3n) is 2.36. The third kappa shape index (κ3) is 3.19. The van der Waals surface area contributed by atoms with Crippen molar-refractivity contribution >= 4 is 11.7 Å². The summed E-state index contributed by atoms with van der Waals surface area (Å²) in [5, 5.41) is 19.9. The Bertz CT molecular complexity index is 548. The highest BCUT2D eigenvalue weighted by atomic mass is 16.6. The molecule has 7 nitrogen and oxygen atoms in total. The van der Waals surface area contributed by atoms with Gasteiger partial charge in [-0.25, -0.2) is 0 Å². The number of carbonyl (C=O) groups is 1. The van der Waals surface area contributed by atoms with Crippen molar-refractivity contribution in [1.29, 1.82) is 5.26 Å². The van der Waals surface area contributed by atoms with Gasteiger partial charge < -0.3 is 9.47 Å². The second kappa shape index (κ2) is 6.35. The minimum Gasteiger partial charge on any atom is -0.489 e. The quantitative estimate of drug-likeness (QED) is 0.454. The van der Waals surface area contributed by atoms with Crippen LogP contribution in [0.2, 0.25) is 0 Å². The Labute approximate surface area is 109 Å². The Morgan fingerprint density at radius 3 is 2.68 bits per heavy atom. The molecule has 0 heterocycles. The van der Waals surface area contributed by atoms with E-state index in [-0.39, 0.29) is 35.6 Å². The highest BCUT2D eigenvalue weighted by molar-refractivity contribution is 5.76. The Kier molecular flexibility index (Phi) is 4.83. The van der Waals surface area contributed by atoms with Crippen molar-refractivity contribution in [1.82, 2.24) is 0 Å². The summed E-state index contributed by atoms with van der Waals surface area (Å²) in [5.74, 6) is -0.716. The number of hydrogen-bond donors (Lipinski definition) is 0. The van der Waals surface area contributed by atoms with E-state index in [4.69, 9.17) is 14.7 Å². The van der Waals surface area contributed by atoms with E-state index in [0.717, 1.165) is 0 Å². The van der Waals surface area contributed by atoms with Crippen molar-refractivity contribution in [2.45, 2.75) is 13.3 Å². The van der Waals surface area contributed by atoms with Crippen LogP contribution in [0.4, 0.5) is 5.69 Å². The minimum absolute atomic E-state index is 0.0433. The van der Waals surface area contributed by atoms with Crippen molar-refractivity contribution in [2.75, 3.05) is 13.7 Å². The topological polar surface area (TPSA) is 102 Å². The van der Waals surface area contributed by atoms with E-state index < -0.39 is 10.9 Å². The van der Waals surface area contributed by atoms with Gasteiger partial charge in [0.1, 0.15) is 11.6 Å². The van der Waals surface area contributed by atoms with Crippen LogP contribution < -0.4 is 4.74 Å². The first-order valence-electron chi connectivity index (χ1n) is 5.45. The molecule has 0 N–H and O–H groups in total. The smallest absolute Gasteiger partial charge is 0.316 e. The second-order valence-electron chi connectivity index (χ2n) is 3.50. The normalized spacial score (nSPS) is 9.53. The van der Waals surface area contributed by atoms with Crippen LogP contribution in [0, 0.1) is 21.4 Å². The summed E-state index contributed by atoms with van der Waals surface area (Å²) in [4.78, 5) is 21.8. The molecule has 1 rings (SSSR count). The number of hydrogen-bond acceptors (Lipinski definition) is 6. The van der Waals surface area contributed by atoms with Gasteiger partial charge in [-0.3, -0.25) is 14.9 Å². The maximum absolute atomic E-state index is 11.4. The van der Waals surface area contributed by atoms with E-state index in [1.165, 1.54) is 19.2 Å². The summed E-state index contributed by atoms with van der Waals surface area (Å²) in [6.45, 7) is 1.84. The van der Waals surface area contributed by atoms with Gasteiger partial charge in [0.25, 0.3) is 0 Å². The van der Waals surface area contributed by atoms with E-state index in [1.54, 1.807) is 13.0 Å². The minimum atomic E-state index is -0.672. The number of ether oxygens (including phenoxy) is 2. The molecule has 0 saturated heterocycles. The van der Waals surface area contributed by atoms with E-state index >= 15 is 0 Å². The number of nitro benzene ring substituents is 1. The Balaban J connectivity index is 3.29. The maximum atomic E-state index is 11.4. The van der Waals surface area contributed by atoms with Gasteiger partial charge in [0.05, 0.1) is 25.1 Å². The molecule has 0 saturated carbocycles. The van der Waals surface area contributed by atoms with Crippen LogP contribution in [0.25, 0.3) is 0 Å². The zero-order valence-electron chi connectivity index (χ0n) is 10.5. The molecule has 0 unspecified atom stereocenters. The first-order valence-corrected chi connectivity index (χ1v) is 5.45. The van der Waals surface area contributed by atoms with Gasteiger partial charge in [-0.15, -0.1) is 0 Å². The molecule has 1 aromatic rings. The zero-order valence-corrected chi connectivity index (χ0v) is 10.5. The van der Waals surface area contributed by atoms with E-state index in [9.17, 15) is 14.9 Å². The molecule has 100 valence electrons. The number of nitrogens with zero attached hydrogens (tertiary/aromatic N) is 2. The van der Waals surface area contributed by atoms with Crippen molar-refractivity contribution < 1.29 is 19.2 Å². The molecule has 7 heteroatoms. The fourth-order valence-electron chi connectivity index (χ4n) is 1.62. The lowest BCUT2D eigenvalue weighted by Crippen LogP contribution is -2.10. The van der Waals surface area contributed by atoms with E-state index in [2.05, 4.69) is 0 Å². The summed E-state index contributed by atoms with van der Waals surface area (Å²) in [6.07, 6.45) is -0.244. The number of nitro groups is 1. The van der Waals surface area contributed by atoms with Crippen LogP contribution in [-0.2, 0) is 16.0 Å². The molecule has 0 amide bonds. The molecule has 0 radical (unpaired) electrons. The molecular weight excluding hydrogens is 252 g/mol. The molecule has 0 aromatic heterocycles. The average Bonchev–Trinajstić information content (AvgIpc) is 2.37. The van der Waals surface area contributed by atoms with Gasteiger partial charge in [-0.2, -0.15) is 5.26 Å². The van der Waals surface area contributed by atoms with Crippen LogP contribution in [0.1, 0.15) is 18.1 Å². The molecule has 0 atom stereocenters. The summed E-state index contributed by atoms with van der Waals surface area (Å²) in [6, 6.07) is 4.53. The highest BCUT2D eigenvalue weighted by Gasteiger charge is 2.25. The first-order chi connectivity index (χ1) is 9.04. The maximum Gasteiger partial charge on any atom is 0.316 e. The number of rotatable bonds is 5. The number of nitriles is 1. The standard InChI is InChI=1S/C12H12N2O5/c1-3-19-10(15)6-8-4-5-9(7-13)12(18-2)11(8)14(16)17/h4-5H,3,6H2,1-2H3. The summed E-state index contributed by atoms with van der Waals surface area (Å²) < 4.78 is 9.64. The first kappa shape index (κ1) is 14.4. The number of carbonyl (C=O) groups excluding carboxylic acids is 1. The van der Waals surface area contributed by atoms with Crippen molar-refractivity contribution in [3.8, 4) is 11.8 Å². The monoisotopic (exact) mass is 264 g/mol. The van der Waals surface area contributed by atoms with Gasteiger partial charge in [-0.1, -0.05) is 0 Å². The van der Waals surface area contributed by atoms with Crippen LogP contribution >= 0.6 is 0 Å². The third-order valence-corrected chi connectivity index (χ3v) is 2.36. The fourth-order valence-corrected chi connectivity index (χ4v) is 1.62.